The van der Waals surface area contributed by atoms with Crippen molar-refractivity contribution < 1.29 is 14.3 Å². The summed E-state index contributed by atoms with van der Waals surface area (Å²) in [6, 6.07) is 25.4. The van der Waals surface area contributed by atoms with Crippen LogP contribution in [-0.4, -0.2) is 36.9 Å². The molecule has 0 aromatic heterocycles. The van der Waals surface area contributed by atoms with E-state index in [4.69, 9.17) is 10.5 Å². The van der Waals surface area contributed by atoms with Crippen LogP contribution < -0.4 is 10.5 Å². The number of primary amides is 1. The molecule has 0 radical (unpaired) electrons. The van der Waals surface area contributed by atoms with Crippen LogP contribution in [0.2, 0.25) is 0 Å². The van der Waals surface area contributed by atoms with Crippen molar-refractivity contribution in [2.24, 2.45) is 11.1 Å². The maximum Gasteiger partial charge on any atom is 0.257 e. The van der Waals surface area contributed by atoms with Crippen molar-refractivity contribution >= 4 is 11.8 Å². The van der Waals surface area contributed by atoms with Crippen molar-refractivity contribution in [1.82, 2.24) is 4.90 Å². The topological polar surface area (TPSA) is 72.6 Å². The number of benzene rings is 3. The van der Waals surface area contributed by atoms with Gasteiger partial charge in [-0.25, -0.2) is 0 Å². The van der Waals surface area contributed by atoms with E-state index in [1.54, 1.807) is 24.1 Å². The van der Waals surface area contributed by atoms with Crippen LogP contribution in [0.5, 0.6) is 5.75 Å². The van der Waals surface area contributed by atoms with Gasteiger partial charge in [-0.05, 0) is 48.1 Å². The minimum atomic E-state index is -0.819. The van der Waals surface area contributed by atoms with E-state index in [1.165, 1.54) is 0 Å². The van der Waals surface area contributed by atoms with Crippen LogP contribution in [0.15, 0.2) is 78.9 Å². The molecular formula is C27H28N2O3. The highest BCUT2D eigenvalue weighted by Crippen LogP contribution is 2.37. The first-order chi connectivity index (χ1) is 15.5. The summed E-state index contributed by atoms with van der Waals surface area (Å²) in [5, 5.41) is 0. The number of ether oxygens (including phenoxy) is 1. The van der Waals surface area contributed by atoms with Crippen molar-refractivity contribution in [1.29, 1.82) is 0 Å². The van der Waals surface area contributed by atoms with Gasteiger partial charge in [0.05, 0.1) is 18.1 Å². The molecule has 1 aliphatic rings. The number of carbonyl (C=O) groups excluding carboxylic acids is 2. The maximum absolute atomic E-state index is 13.3. The number of nitrogens with zero attached hydrogens (tertiary/aromatic N) is 1. The molecule has 164 valence electrons. The molecule has 4 rings (SSSR count). The molecule has 0 saturated carbocycles. The number of hydrogen-bond acceptors (Lipinski definition) is 3. The molecule has 1 saturated heterocycles. The SMILES string of the molecule is COc1ccccc1C(=O)N1CCC[C@](Cc2ccccc2-c2ccccc2)(C(N)=O)C1. The van der Waals surface area contributed by atoms with Crippen LogP contribution in [-0.2, 0) is 11.2 Å². The number of hydrogen-bond donors (Lipinski definition) is 1. The third kappa shape index (κ3) is 4.24. The lowest BCUT2D eigenvalue weighted by molar-refractivity contribution is -0.130. The Bertz CT molecular complexity index is 1110. The molecular weight excluding hydrogens is 400 g/mol. The summed E-state index contributed by atoms with van der Waals surface area (Å²) in [5.74, 6) is 0.0317. The van der Waals surface area contributed by atoms with Gasteiger partial charge in [0.1, 0.15) is 5.75 Å². The molecule has 2 N–H and O–H groups in total. The highest BCUT2D eigenvalue weighted by atomic mass is 16.5. The van der Waals surface area contributed by atoms with Crippen LogP contribution in [0.1, 0.15) is 28.8 Å². The number of rotatable bonds is 6. The van der Waals surface area contributed by atoms with E-state index in [0.29, 0.717) is 37.2 Å². The number of piperidine rings is 1. The fraction of sp³-hybridized carbons (Fsp3) is 0.259. The van der Waals surface area contributed by atoms with E-state index >= 15 is 0 Å². The summed E-state index contributed by atoms with van der Waals surface area (Å²) >= 11 is 0. The molecule has 3 aromatic carbocycles. The Hall–Kier alpha value is -3.60. The molecule has 1 fully saturated rings. The number of likely N-dealkylation sites (tertiary alicyclic amines) is 1. The number of nitrogens with two attached hydrogens (primary N) is 1. The molecule has 0 aliphatic carbocycles. The van der Waals surface area contributed by atoms with Crippen molar-refractivity contribution in [3.8, 4) is 16.9 Å². The molecule has 32 heavy (non-hydrogen) atoms. The van der Waals surface area contributed by atoms with Gasteiger partial charge in [-0.1, -0.05) is 66.7 Å². The van der Waals surface area contributed by atoms with Gasteiger partial charge >= 0.3 is 0 Å². The molecule has 1 heterocycles. The van der Waals surface area contributed by atoms with Gasteiger partial charge < -0.3 is 15.4 Å². The van der Waals surface area contributed by atoms with E-state index in [-0.39, 0.29) is 11.8 Å². The van der Waals surface area contributed by atoms with Gasteiger partial charge in [-0.15, -0.1) is 0 Å². The monoisotopic (exact) mass is 428 g/mol. The first-order valence-electron chi connectivity index (χ1n) is 10.9. The van der Waals surface area contributed by atoms with E-state index in [9.17, 15) is 9.59 Å². The quantitative estimate of drug-likeness (QED) is 0.636. The van der Waals surface area contributed by atoms with Gasteiger partial charge in [0.25, 0.3) is 5.91 Å². The van der Waals surface area contributed by atoms with E-state index in [0.717, 1.165) is 23.1 Å². The summed E-state index contributed by atoms with van der Waals surface area (Å²) < 4.78 is 5.38. The average molecular weight is 429 g/mol. The molecule has 0 bridgehead atoms. The smallest absolute Gasteiger partial charge is 0.257 e. The van der Waals surface area contributed by atoms with E-state index in [2.05, 4.69) is 18.2 Å². The van der Waals surface area contributed by atoms with Gasteiger partial charge in [-0.3, -0.25) is 9.59 Å². The summed E-state index contributed by atoms with van der Waals surface area (Å²) in [7, 11) is 1.55. The zero-order valence-corrected chi connectivity index (χ0v) is 18.3. The molecule has 3 aromatic rings. The minimum absolute atomic E-state index is 0.135. The second-order valence-electron chi connectivity index (χ2n) is 8.38. The summed E-state index contributed by atoms with van der Waals surface area (Å²) in [4.78, 5) is 27.9. The third-order valence-electron chi connectivity index (χ3n) is 6.36. The van der Waals surface area contributed by atoms with Gasteiger partial charge in [-0.2, -0.15) is 0 Å². The third-order valence-corrected chi connectivity index (χ3v) is 6.36. The summed E-state index contributed by atoms with van der Waals surface area (Å²) in [6.45, 7) is 0.884. The summed E-state index contributed by atoms with van der Waals surface area (Å²) in [5.41, 5.74) is 8.92. The van der Waals surface area contributed by atoms with Gasteiger partial charge in [0.2, 0.25) is 5.91 Å². The molecule has 0 unspecified atom stereocenters. The van der Waals surface area contributed by atoms with Gasteiger partial charge in [0.15, 0.2) is 0 Å². The van der Waals surface area contributed by atoms with Crippen LogP contribution in [0.4, 0.5) is 0 Å². The lowest BCUT2D eigenvalue weighted by Crippen LogP contribution is -2.53. The van der Waals surface area contributed by atoms with Crippen molar-refractivity contribution in [3.05, 3.63) is 90.0 Å². The standard InChI is InChI=1S/C27H28N2O3/c1-32-24-15-8-7-14-23(24)25(30)29-17-9-16-27(19-29,26(28)31)18-21-12-5-6-13-22(21)20-10-3-2-4-11-20/h2-8,10-15H,9,16-19H2,1H3,(H2,28,31)/t27-/m1/s1. The van der Waals surface area contributed by atoms with Crippen LogP contribution in [0.3, 0.4) is 0 Å². The minimum Gasteiger partial charge on any atom is -0.496 e. The lowest BCUT2D eigenvalue weighted by Gasteiger charge is -2.41. The Kier molecular flexibility index (Phi) is 6.26. The molecule has 5 nitrogen and oxygen atoms in total. The highest BCUT2D eigenvalue weighted by Gasteiger charge is 2.43. The zero-order valence-electron chi connectivity index (χ0n) is 18.3. The molecule has 1 aliphatic heterocycles. The van der Waals surface area contributed by atoms with Crippen molar-refractivity contribution in [2.75, 3.05) is 20.2 Å². The predicted molar refractivity (Wildman–Crippen MR) is 125 cm³/mol. The Morgan fingerprint density at radius 1 is 0.969 bits per heavy atom. The maximum atomic E-state index is 13.3. The molecule has 1 atom stereocenters. The summed E-state index contributed by atoms with van der Waals surface area (Å²) in [6.07, 6.45) is 1.86. The van der Waals surface area contributed by atoms with Crippen molar-refractivity contribution in [3.63, 3.8) is 0 Å². The normalized spacial score (nSPS) is 18.2. The number of para-hydroxylation sites is 1. The van der Waals surface area contributed by atoms with Gasteiger partial charge in [0, 0.05) is 13.1 Å². The highest BCUT2D eigenvalue weighted by molar-refractivity contribution is 5.97. The zero-order chi connectivity index (χ0) is 22.6. The predicted octanol–water partition coefficient (Wildman–Crippen LogP) is 4.31. The van der Waals surface area contributed by atoms with E-state index in [1.807, 2.05) is 48.5 Å². The van der Waals surface area contributed by atoms with Crippen LogP contribution >= 0.6 is 0 Å². The largest absolute Gasteiger partial charge is 0.496 e. The number of carbonyl (C=O) groups is 2. The Labute approximate surface area is 188 Å². The molecule has 0 spiro atoms. The van der Waals surface area contributed by atoms with Crippen molar-refractivity contribution in [2.45, 2.75) is 19.3 Å². The van der Waals surface area contributed by atoms with Crippen LogP contribution in [0, 0.1) is 5.41 Å². The number of methoxy groups -OCH3 is 1. The molecule has 2 amide bonds. The Balaban J connectivity index is 1.65. The van der Waals surface area contributed by atoms with E-state index < -0.39 is 5.41 Å². The fourth-order valence-corrected chi connectivity index (χ4v) is 4.67. The Morgan fingerprint density at radius 2 is 1.66 bits per heavy atom. The fourth-order valence-electron chi connectivity index (χ4n) is 4.67. The first-order valence-corrected chi connectivity index (χ1v) is 10.9. The first kappa shape index (κ1) is 21.6. The number of amides is 2. The second kappa shape index (κ2) is 9.27. The molecule has 5 heteroatoms. The van der Waals surface area contributed by atoms with Crippen LogP contribution in [0.25, 0.3) is 11.1 Å². The lowest BCUT2D eigenvalue weighted by atomic mass is 9.73. The second-order valence-corrected chi connectivity index (χ2v) is 8.38. The Morgan fingerprint density at radius 3 is 2.41 bits per heavy atom. The average Bonchev–Trinajstić information content (AvgIpc) is 2.84.